The van der Waals surface area contributed by atoms with E-state index >= 15 is 0 Å². The number of aromatic nitrogens is 1. The number of halogens is 3. The maximum absolute atomic E-state index is 12.6. The first kappa shape index (κ1) is 13.5. The van der Waals surface area contributed by atoms with Crippen LogP contribution in [-0.2, 0) is 6.61 Å². The van der Waals surface area contributed by atoms with Gasteiger partial charge in [-0.15, -0.1) is 5.46 Å². The molecule has 19 heavy (non-hydrogen) atoms. The van der Waals surface area contributed by atoms with E-state index in [1.807, 2.05) is 13.0 Å². The van der Waals surface area contributed by atoms with Crippen LogP contribution in [0, 0.1) is 6.92 Å². The Labute approximate surface area is 109 Å². The molecule has 0 aliphatic heterocycles. The second kappa shape index (κ2) is 5.34. The van der Waals surface area contributed by atoms with Crippen molar-refractivity contribution in [2.24, 2.45) is 0 Å². The van der Waals surface area contributed by atoms with Crippen LogP contribution in [0.15, 0.2) is 42.7 Å². The molecule has 2 nitrogen and oxygen atoms in total. The summed E-state index contributed by atoms with van der Waals surface area (Å²) in [6.07, 6.45) is 3.33. The van der Waals surface area contributed by atoms with E-state index in [1.165, 1.54) is 12.1 Å². The van der Waals surface area contributed by atoms with Gasteiger partial charge >= 0.3 is 6.98 Å². The van der Waals surface area contributed by atoms with Gasteiger partial charge in [0.1, 0.15) is 12.4 Å². The highest BCUT2D eigenvalue weighted by atomic mass is 19.4. The van der Waals surface area contributed by atoms with E-state index in [0.717, 1.165) is 23.3 Å². The molecule has 0 aliphatic carbocycles. The van der Waals surface area contributed by atoms with Crippen LogP contribution in [0.3, 0.4) is 0 Å². The maximum atomic E-state index is 12.6. The molecule has 2 aromatic rings. The first-order valence-electron chi connectivity index (χ1n) is 5.78. The van der Waals surface area contributed by atoms with Crippen molar-refractivity contribution in [2.45, 2.75) is 13.5 Å². The molecule has 2 rings (SSSR count). The Morgan fingerprint density at radius 3 is 2.63 bits per heavy atom. The summed E-state index contributed by atoms with van der Waals surface area (Å²) >= 11 is 0. The third-order valence-corrected chi connectivity index (χ3v) is 2.57. The molecule has 1 heterocycles. The minimum atomic E-state index is -4.99. The molecule has 0 fully saturated rings. The number of aryl methyl sites for hydroxylation is 1. The number of pyridine rings is 1. The summed E-state index contributed by atoms with van der Waals surface area (Å²) in [4.78, 5) is 4.00. The molecule has 0 saturated carbocycles. The number of ether oxygens (including phenoxy) is 1. The fourth-order valence-electron chi connectivity index (χ4n) is 1.67. The molecule has 0 unspecified atom stereocenters. The molecule has 0 amide bonds. The third kappa shape index (κ3) is 3.74. The van der Waals surface area contributed by atoms with Gasteiger partial charge in [-0.1, -0.05) is 12.1 Å². The Morgan fingerprint density at radius 2 is 1.95 bits per heavy atom. The first-order chi connectivity index (χ1) is 8.95. The van der Waals surface area contributed by atoms with E-state index < -0.39 is 12.4 Å². The minimum Gasteiger partial charge on any atom is -0.489 e. The molecule has 0 spiro atoms. The number of nitrogens with zero attached hydrogens (tertiary/aromatic N) is 1. The molecule has 0 N–H and O–H groups in total. The van der Waals surface area contributed by atoms with Crippen molar-refractivity contribution in [1.29, 1.82) is 0 Å². The van der Waals surface area contributed by atoms with Crippen molar-refractivity contribution in [2.75, 3.05) is 0 Å². The van der Waals surface area contributed by atoms with Gasteiger partial charge in [-0.05, 0) is 30.7 Å². The molecule has 1 aromatic heterocycles. The lowest BCUT2D eigenvalue weighted by Gasteiger charge is -2.16. The van der Waals surface area contributed by atoms with Gasteiger partial charge in [0.25, 0.3) is 0 Å². The predicted molar refractivity (Wildman–Crippen MR) is 68.5 cm³/mol. The molecular weight excluding hydrogens is 254 g/mol. The Bertz CT molecular complexity index is 572. The van der Waals surface area contributed by atoms with Crippen LogP contribution in [0.1, 0.15) is 11.1 Å². The largest absolute Gasteiger partial charge is 0.509 e. The summed E-state index contributed by atoms with van der Waals surface area (Å²) in [6.45, 7) is -2.91. The first-order valence-corrected chi connectivity index (χ1v) is 5.78. The number of benzene rings is 1. The second-order valence-corrected chi connectivity index (χ2v) is 4.31. The van der Waals surface area contributed by atoms with E-state index in [9.17, 15) is 12.9 Å². The van der Waals surface area contributed by atoms with E-state index in [4.69, 9.17) is 4.74 Å². The van der Waals surface area contributed by atoms with Crippen LogP contribution in [0.25, 0.3) is 0 Å². The highest BCUT2D eigenvalue weighted by Gasteiger charge is 2.25. The molecule has 0 bridgehead atoms. The average Bonchev–Trinajstić information content (AvgIpc) is 2.36. The zero-order chi connectivity index (χ0) is 13.9. The van der Waals surface area contributed by atoms with Crippen molar-refractivity contribution >= 4 is 12.4 Å². The lowest BCUT2D eigenvalue weighted by atomic mass is 9.80. The smallest absolute Gasteiger partial charge is 0.489 e. The molecule has 0 atom stereocenters. The summed E-state index contributed by atoms with van der Waals surface area (Å²) in [5, 5.41) is 0. The topological polar surface area (TPSA) is 22.1 Å². The van der Waals surface area contributed by atoms with E-state index in [0.29, 0.717) is 0 Å². The molecule has 0 saturated heterocycles. The quantitative estimate of drug-likeness (QED) is 0.793. The monoisotopic (exact) mass is 266 g/mol. The fourth-order valence-corrected chi connectivity index (χ4v) is 1.67. The summed E-state index contributed by atoms with van der Waals surface area (Å²) in [6, 6.07) is 6.79. The normalized spacial score (nSPS) is 11.4. The standard InChI is InChI=1S/C13H12BF3NO/c1-10-5-11(8-18-7-10)9-19-13-4-2-3-12(6-13)14(15,16)17/h2-8H,9H2,1H3/q-1. The zero-order valence-corrected chi connectivity index (χ0v) is 10.3. The van der Waals surface area contributed by atoms with Crippen LogP contribution in [0.5, 0.6) is 5.75 Å². The number of hydrogen-bond acceptors (Lipinski definition) is 2. The van der Waals surface area contributed by atoms with Crippen molar-refractivity contribution in [3.05, 3.63) is 53.9 Å². The predicted octanol–water partition coefficient (Wildman–Crippen LogP) is 3.02. The van der Waals surface area contributed by atoms with Crippen molar-refractivity contribution in [1.82, 2.24) is 4.98 Å². The van der Waals surface area contributed by atoms with Crippen LogP contribution in [0.4, 0.5) is 12.9 Å². The van der Waals surface area contributed by atoms with Crippen LogP contribution in [0.2, 0.25) is 0 Å². The summed E-state index contributed by atoms with van der Waals surface area (Å²) < 4.78 is 43.1. The van der Waals surface area contributed by atoms with Gasteiger partial charge in [0.05, 0.1) is 0 Å². The Morgan fingerprint density at radius 1 is 1.16 bits per heavy atom. The van der Waals surface area contributed by atoms with Gasteiger partial charge in [-0.25, -0.2) is 0 Å². The van der Waals surface area contributed by atoms with Crippen LogP contribution >= 0.6 is 0 Å². The van der Waals surface area contributed by atoms with E-state index in [1.54, 1.807) is 12.4 Å². The van der Waals surface area contributed by atoms with Crippen molar-refractivity contribution in [3.63, 3.8) is 0 Å². The number of rotatable bonds is 4. The van der Waals surface area contributed by atoms with Crippen LogP contribution < -0.4 is 10.2 Å². The molecular formula is C13H12BF3NO-. The highest BCUT2D eigenvalue weighted by molar-refractivity contribution is 6.73. The fraction of sp³-hybridized carbons (Fsp3) is 0.154. The Kier molecular flexibility index (Phi) is 3.78. The minimum absolute atomic E-state index is 0.197. The van der Waals surface area contributed by atoms with Gasteiger partial charge in [0, 0.05) is 18.0 Å². The van der Waals surface area contributed by atoms with Crippen molar-refractivity contribution < 1.29 is 17.7 Å². The van der Waals surface area contributed by atoms with Gasteiger partial charge in [0.15, 0.2) is 0 Å². The van der Waals surface area contributed by atoms with Gasteiger partial charge < -0.3 is 17.7 Å². The summed E-state index contributed by atoms with van der Waals surface area (Å²) in [5.41, 5.74) is 1.15. The van der Waals surface area contributed by atoms with Gasteiger partial charge in [-0.2, -0.15) is 0 Å². The molecule has 6 heteroatoms. The van der Waals surface area contributed by atoms with Crippen molar-refractivity contribution in [3.8, 4) is 5.75 Å². The summed E-state index contributed by atoms with van der Waals surface area (Å²) in [7, 11) is 0. The molecule has 100 valence electrons. The zero-order valence-electron chi connectivity index (χ0n) is 10.3. The van der Waals surface area contributed by atoms with Gasteiger partial charge in [-0.3, -0.25) is 4.98 Å². The lowest BCUT2D eigenvalue weighted by molar-refractivity contribution is 0.305. The molecule has 0 aliphatic rings. The van der Waals surface area contributed by atoms with Gasteiger partial charge in [0.2, 0.25) is 0 Å². The molecule has 1 aromatic carbocycles. The third-order valence-electron chi connectivity index (χ3n) is 2.57. The summed E-state index contributed by atoms with van der Waals surface area (Å²) in [5.74, 6) is 0.207. The highest BCUT2D eigenvalue weighted by Crippen LogP contribution is 2.15. The average molecular weight is 266 g/mol. The molecule has 0 radical (unpaired) electrons. The lowest BCUT2D eigenvalue weighted by Crippen LogP contribution is -2.33. The Balaban J connectivity index is 2.08. The van der Waals surface area contributed by atoms with Crippen LogP contribution in [-0.4, -0.2) is 12.0 Å². The Hall–Kier alpha value is -1.98. The number of hydrogen-bond donors (Lipinski definition) is 0. The van der Waals surface area contributed by atoms with E-state index in [-0.39, 0.29) is 12.4 Å². The SMILES string of the molecule is Cc1cncc(COc2cccc([B-](F)(F)F)c2)c1. The second-order valence-electron chi connectivity index (χ2n) is 4.31. The van der Waals surface area contributed by atoms with E-state index in [2.05, 4.69) is 4.98 Å². The maximum Gasteiger partial charge on any atom is 0.509 e.